The normalized spacial score (nSPS) is 10.2. The second-order valence-corrected chi connectivity index (χ2v) is 5.12. The molecule has 0 aliphatic heterocycles. The molecule has 0 aliphatic carbocycles. The fourth-order valence-electron chi connectivity index (χ4n) is 2.17. The highest BCUT2D eigenvalue weighted by molar-refractivity contribution is 5.59. The molecule has 0 fully saturated rings. The van der Waals surface area contributed by atoms with Gasteiger partial charge in [-0.1, -0.05) is 24.3 Å². The molecule has 0 saturated carbocycles. The van der Waals surface area contributed by atoms with Crippen molar-refractivity contribution in [3.63, 3.8) is 0 Å². The molecule has 0 unspecified atom stereocenters. The second kappa shape index (κ2) is 7.99. The predicted octanol–water partition coefficient (Wildman–Crippen LogP) is 4.02. The van der Waals surface area contributed by atoms with Gasteiger partial charge in [-0.3, -0.25) is 0 Å². The van der Waals surface area contributed by atoms with Gasteiger partial charge in [0.1, 0.15) is 23.1 Å². The van der Waals surface area contributed by atoms with Crippen LogP contribution in [-0.4, -0.2) is 23.2 Å². The fraction of sp³-hybridized carbons (Fsp3) is 0.105. The van der Waals surface area contributed by atoms with Crippen LogP contribution in [0.4, 0.5) is 17.3 Å². The third-order valence-electron chi connectivity index (χ3n) is 3.27. The highest BCUT2D eigenvalue weighted by atomic mass is 16.5. The largest absolute Gasteiger partial charge is 0.457 e. The van der Waals surface area contributed by atoms with Gasteiger partial charge in [0.2, 0.25) is 0 Å². The standard InChI is InChI=1S/C19H19N3O2/c23-14-13-20-18-7-4-8-19(22-18)21-15-9-11-17(12-10-15)24-16-5-2-1-3-6-16/h1-12,23H,13-14H2,(H2,20,21,22). The minimum atomic E-state index is 0.0716. The lowest BCUT2D eigenvalue weighted by Gasteiger charge is -2.10. The molecule has 0 atom stereocenters. The molecule has 122 valence electrons. The molecule has 24 heavy (non-hydrogen) atoms. The molecule has 3 N–H and O–H groups in total. The first-order valence-electron chi connectivity index (χ1n) is 7.75. The lowest BCUT2D eigenvalue weighted by molar-refractivity contribution is 0.311. The summed E-state index contributed by atoms with van der Waals surface area (Å²) in [4.78, 5) is 4.43. The Morgan fingerprint density at radius 1 is 0.792 bits per heavy atom. The molecule has 0 radical (unpaired) electrons. The minimum Gasteiger partial charge on any atom is -0.457 e. The van der Waals surface area contributed by atoms with Crippen LogP contribution < -0.4 is 15.4 Å². The van der Waals surface area contributed by atoms with Gasteiger partial charge < -0.3 is 20.5 Å². The van der Waals surface area contributed by atoms with E-state index in [4.69, 9.17) is 9.84 Å². The van der Waals surface area contributed by atoms with E-state index in [9.17, 15) is 0 Å². The number of hydrogen-bond acceptors (Lipinski definition) is 5. The van der Waals surface area contributed by atoms with E-state index in [2.05, 4.69) is 15.6 Å². The molecule has 0 spiro atoms. The summed E-state index contributed by atoms with van der Waals surface area (Å²) < 4.78 is 5.77. The number of rotatable bonds is 7. The summed E-state index contributed by atoms with van der Waals surface area (Å²) in [5.41, 5.74) is 0.919. The summed E-state index contributed by atoms with van der Waals surface area (Å²) >= 11 is 0. The number of benzene rings is 2. The lowest BCUT2D eigenvalue weighted by atomic mass is 10.3. The second-order valence-electron chi connectivity index (χ2n) is 5.12. The van der Waals surface area contributed by atoms with E-state index in [0.29, 0.717) is 6.54 Å². The summed E-state index contributed by atoms with van der Waals surface area (Å²) in [7, 11) is 0. The van der Waals surface area contributed by atoms with Gasteiger partial charge in [-0.25, -0.2) is 4.98 Å². The van der Waals surface area contributed by atoms with E-state index in [1.807, 2.05) is 72.8 Å². The smallest absolute Gasteiger partial charge is 0.132 e. The summed E-state index contributed by atoms with van der Waals surface area (Å²) in [5, 5.41) is 15.1. The maximum absolute atomic E-state index is 8.85. The third kappa shape index (κ3) is 4.47. The number of pyridine rings is 1. The number of nitrogens with zero attached hydrogens (tertiary/aromatic N) is 1. The van der Waals surface area contributed by atoms with E-state index >= 15 is 0 Å². The van der Waals surface area contributed by atoms with Crippen molar-refractivity contribution < 1.29 is 9.84 Å². The number of anilines is 3. The molecule has 1 heterocycles. The van der Waals surface area contributed by atoms with Gasteiger partial charge in [0.15, 0.2) is 0 Å². The van der Waals surface area contributed by atoms with Crippen molar-refractivity contribution in [2.45, 2.75) is 0 Å². The Bertz CT molecular complexity index is 761. The first-order chi connectivity index (χ1) is 11.8. The number of aliphatic hydroxyl groups is 1. The average molecular weight is 321 g/mol. The van der Waals surface area contributed by atoms with Crippen molar-refractivity contribution >= 4 is 17.3 Å². The lowest BCUT2D eigenvalue weighted by Crippen LogP contribution is -2.07. The first-order valence-corrected chi connectivity index (χ1v) is 7.75. The molecule has 5 heteroatoms. The van der Waals surface area contributed by atoms with Crippen molar-refractivity contribution in [2.24, 2.45) is 0 Å². The molecule has 3 aromatic rings. The van der Waals surface area contributed by atoms with Gasteiger partial charge in [0.05, 0.1) is 6.61 Å². The maximum atomic E-state index is 8.85. The fourth-order valence-corrected chi connectivity index (χ4v) is 2.17. The number of nitrogens with one attached hydrogen (secondary N) is 2. The maximum Gasteiger partial charge on any atom is 0.132 e. The van der Waals surface area contributed by atoms with E-state index < -0.39 is 0 Å². The Labute approximate surface area is 141 Å². The molecule has 5 nitrogen and oxygen atoms in total. The Morgan fingerprint density at radius 3 is 2.25 bits per heavy atom. The van der Waals surface area contributed by atoms with Crippen LogP contribution in [0.15, 0.2) is 72.8 Å². The molecular formula is C19H19N3O2. The number of aromatic nitrogens is 1. The van der Waals surface area contributed by atoms with Crippen molar-refractivity contribution in [3.05, 3.63) is 72.8 Å². The van der Waals surface area contributed by atoms with Gasteiger partial charge in [0.25, 0.3) is 0 Å². The summed E-state index contributed by atoms with van der Waals surface area (Å²) in [6, 6.07) is 23.0. The summed E-state index contributed by atoms with van der Waals surface area (Å²) in [6.07, 6.45) is 0. The zero-order valence-corrected chi connectivity index (χ0v) is 13.1. The Morgan fingerprint density at radius 2 is 1.50 bits per heavy atom. The SMILES string of the molecule is OCCNc1cccc(Nc2ccc(Oc3ccccc3)cc2)n1. The molecule has 0 bridgehead atoms. The van der Waals surface area contributed by atoms with Crippen LogP contribution in [0.3, 0.4) is 0 Å². The van der Waals surface area contributed by atoms with Crippen LogP contribution in [0.1, 0.15) is 0 Å². The molecule has 0 aliphatic rings. The Balaban J connectivity index is 1.64. The van der Waals surface area contributed by atoms with Crippen molar-refractivity contribution in [2.75, 3.05) is 23.8 Å². The number of hydrogen-bond donors (Lipinski definition) is 3. The monoisotopic (exact) mass is 321 g/mol. The van der Waals surface area contributed by atoms with Crippen LogP contribution in [-0.2, 0) is 0 Å². The van der Waals surface area contributed by atoms with Crippen LogP contribution >= 0.6 is 0 Å². The highest BCUT2D eigenvalue weighted by Crippen LogP contribution is 2.24. The molecule has 0 amide bonds. The van der Waals surface area contributed by atoms with Gasteiger partial charge in [-0.05, 0) is 48.5 Å². The first kappa shape index (κ1) is 15.8. The molecule has 0 saturated heterocycles. The molecule has 1 aromatic heterocycles. The van der Waals surface area contributed by atoms with E-state index in [1.165, 1.54) is 0 Å². The molecule has 3 rings (SSSR count). The number of aliphatic hydroxyl groups excluding tert-OH is 1. The highest BCUT2D eigenvalue weighted by Gasteiger charge is 2.00. The van der Waals surface area contributed by atoms with Gasteiger partial charge in [-0.15, -0.1) is 0 Å². The van der Waals surface area contributed by atoms with Crippen LogP contribution in [0, 0.1) is 0 Å². The zero-order chi connectivity index (χ0) is 16.6. The molecular weight excluding hydrogens is 302 g/mol. The number of para-hydroxylation sites is 1. The van der Waals surface area contributed by atoms with Crippen molar-refractivity contribution in [1.82, 2.24) is 4.98 Å². The van der Waals surface area contributed by atoms with Crippen LogP contribution in [0.25, 0.3) is 0 Å². The van der Waals surface area contributed by atoms with Gasteiger partial charge >= 0.3 is 0 Å². The van der Waals surface area contributed by atoms with Crippen molar-refractivity contribution in [1.29, 1.82) is 0 Å². The van der Waals surface area contributed by atoms with Crippen LogP contribution in [0.2, 0.25) is 0 Å². The van der Waals surface area contributed by atoms with E-state index in [-0.39, 0.29) is 6.61 Å². The molecule has 2 aromatic carbocycles. The Hall–Kier alpha value is -3.05. The van der Waals surface area contributed by atoms with E-state index in [0.717, 1.165) is 28.8 Å². The van der Waals surface area contributed by atoms with E-state index in [1.54, 1.807) is 0 Å². The van der Waals surface area contributed by atoms with Crippen LogP contribution in [0.5, 0.6) is 11.5 Å². The quantitative estimate of drug-likeness (QED) is 0.613. The third-order valence-corrected chi connectivity index (χ3v) is 3.27. The Kier molecular flexibility index (Phi) is 5.27. The average Bonchev–Trinajstić information content (AvgIpc) is 2.63. The van der Waals surface area contributed by atoms with Gasteiger partial charge in [-0.2, -0.15) is 0 Å². The zero-order valence-electron chi connectivity index (χ0n) is 13.1. The minimum absolute atomic E-state index is 0.0716. The van der Waals surface area contributed by atoms with Crippen molar-refractivity contribution in [3.8, 4) is 11.5 Å². The summed E-state index contributed by atoms with van der Waals surface area (Å²) in [5.74, 6) is 3.04. The summed E-state index contributed by atoms with van der Waals surface area (Å²) in [6.45, 7) is 0.546. The predicted molar refractivity (Wildman–Crippen MR) is 96.1 cm³/mol. The number of ether oxygens (including phenoxy) is 1. The van der Waals surface area contributed by atoms with Gasteiger partial charge in [0, 0.05) is 12.2 Å². The topological polar surface area (TPSA) is 66.4 Å².